The number of rotatable bonds is 3. The first-order valence-electron chi connectivity index (χ1n) is 4.89. The maximum absolute atomic E-state index is 13.2. The van der Waals surface area contributed by atoms with Gasteiger partial charge in [0, 0.05) is 4.88 Å². The van der Waals surface area contributed by atoms with E-state index in [2.05, 4.69) is 10.5 Å². The predicted octanol–water partition coefficient (Wildman–Crippen LogP) is 2.65. The molecule has 0 atom stereocenters. The fraction of sp³-hybridized carbons (Fsp3) is 0. The van der Waals surface area contributed by atoms with E-state index >= 15 is 0 Å². The van der Waals surface area contributed by atoms with Gasteiger partial charge in [0.25, 0.3) is 5.91 Å². The van der Waals surface area contributed by atoms with Gasteiger partial charge in [0.05, 0.1) is 11.8 Å². The summed E-state index contributed by atoms with van der Waals surface area (Å²) in [7, 11) is 0. The number of nitrogens with one attached hydrogen (secondary N) is 1. The normalized spacial score (nSPS) is 10.6. The largest absolute Gasteiger partial charge is 0.274 e. The van der Waals surface area contributed by atoms with E-state index < -0.39 is 11.7 Å². The van der Waals surface area contributed by atoms with Crippen molar-refractivity contribution in [3.8, 4) is 0 Å². The second kappa shape index (κ2) is 5.36. The van der Waals surface area contributed by atoms with E-state index in [-0.39, 0.29) is 5.56 Å². The molecule has 3 nitrogen and oxygen atoms in total. The molecule has 0 spiro atoms. The number of hydrazone groups is 1. The van der Waals surface area contributed by atoms with Gasteiger partial charge in [-0.2, -0.15) is 5.10 Å². The molecular formula is C12H9FN2OS. The van der Waals surface area contributed by atoms with Gasteiger partial charge in [-0.25, -0.2) is 9.82 Å². The first-order valence-corrected chi connectivity index (χ1v) is 5.77. The molecule has 1 amide bonds. The Kier molecular flexibility index (Phi) is 3.62. The van der Waals surface area contributed by atoms with Crippen LogP contribution < -0.4 is 5.43 Å². The van der Waals surface area contributed by atoms with Gasteiger partial charge >= 0.3 is 0 Å². The second-order valence-electron chi connectivity index (χ2n) is 3.19. The molecule has 0 bridgehead atoms. The van der Waals surface area contributed by atoms with Crippen LogP contribution >= 0.6 is 11.3 Å². The number of hydrogen-bond acceptors (Lipinski definition) is 3. The van der Waals surface area contributed by atoms with Crippen molar-refractivity contribution >= 4 is 23.5 Å². The molecule has 0 aliphatic rings. The number of halogens is 1. The molecule has 86 valence electrons. The predicted molar refractivity (Wildman–Crippen MR) is 65.8 cm³/mol. The van der Waals surface area contributed by atoms with Gasteiger partial charge < -0.3 is 0 Å². The summed E-state index contributed by atoms with van der Waals surface area (Å²) >= 11 is 1.50. The number of carbonyl (C=O) groups excluding carboxylic acids is 1. The Morgan fingerprint density at radius 3 is 2.82 bits per heavy atom. The molecule has 0 saturated heterocycles. The topological polar surface area (TPSA) is 41.5 Å². The number of thiophene rings is 1. The maximum Gasteiger partial charge on any atom is 0.274 e. The van der Waals surface area contributed by atoms with E-state index in [4.69, 9.17) is 0 Å². The third-order valence-corrected chi connectivity index (χ3v) is 2.83. The minimum atomic E-state index is -0.559. The quantitative estimate of drug-likeness (QED) is 0.658. The summed E-state index contributed by atoms with van der Waals surface area (Å²) in [5, 5.41) is 5.65. The minimum Gasteiger partial charge on any atom is -0.267 e. The van der Waals surface area contributed by atoms with Crippen LogP contribution in [0.4, 0.5) is 4.39 Å². The summed E-state index contributed by atoms with van der Waals surface area (Å²) in [6.45, 7) is 0. The summed E-state index contributed by atoms with van der Waals surface area (Å²) < 4.78 is 13.2. The molecule has 2 rings (SSSR count). The van der Waals surface area contributed by atoms with Gasteiger partial charge in [0.15, 0.2) is 0 Å². The van der Waals surface area contributed by atoms with Crippen LogP contribution in [0, 0.1) is 5.82 Å². The molecule has 2 aromatic rings. The van der Waals surface area contributed by atoms with Crippen molar-refractivity contribution in [3.05, 3.63) is 58.0 Å². The van der Waals surface area contributed by atoms with Crippen LogP contribution in [0.2, 0.25) is 0 Å². The molecule has 1 heterocycles. The Bertz CT molecular complexity index is 537. The van der Waals surface area contributed by atoms with Gasteiger partial charge in [-0.3, -0.25) is 4.79 Å². The fourth-order valence-electron chi connectivity index (χ4n) is 1.22. The monoisotopic (exact) mass is 248 g/mol. The highest BCUT2D eigenvalue weighted by Gasteiger charge is 2.08. The van der Waals surface area contributed by atoms with E-state index in [0.717, 1.165) is 4.88 Å². The summed E-state index contributed by atoms with van der Waals surface area (Å²) in [6, 6.07) is 9.51. The Hall–Kier alpha value is -2.01. The minimum absolute atomic E-state index is 0.0178. The van der Waals surface area contributed by atoms with Crippen molar-refractivity contribution in [2.24, 2.45) is 5.10 Å². The molecule has 17 heavy (non-hydrogen) atoms. The Balaban J connectivity index is 2.01. The lowest BCUT2D eigenvalue weighted by Crippen LogP contribution is -2.18. The van der Waals surface area contributed by atoms with Gasteiger partial charge in [-0.15, -0.1) is 11.3 Å². The zero-order valence-electron chi connectivity index (χ0n) is 8.76. The van der Waals surface area contributed by atoms with E-state index in [1.807, 2.05) is 17.5 Å². The summed E-state index contributed by atoms with van der Waals surface area (Å²) in [6.07, 6.45) is 1.52. The average molecular weight is 248 g/mol. The highest BCUT2D eigenvalue weighted by molar-refractivity contribution is 7.11. The van der Waals surface area contributed by atoms with Crippen molar-refractivity contribution < 1.29 is 9.18 Å². The summed E-state index contributed by atoms with van der Waals surface area (Å²) in [5.41, 5.74) is 2.26. The fourth-order valence-corrected chi connectivity index (χ4v) is 1.81. The van der Waals surface area contributed by atoms with Crippen LogP contribution in [0.5, 0.6) is 0 Å². The Labute approximate surface area is 102 Å². The van der Waals surface area contributed by atoms with Crippen molar-refractivity contribution in [2.45, 2.75) is 0 Å². The van der Waals surface area contributed by atoms with Crippen molar-refractivity contribution in [3.63, 3.8) is 0 Å². The first-order chi connectivity index (χ1) is 8.27. The van der Waals surface area contributed by atoms with Crippen LogP contribution in [0.15, 0.2) is 46.9 Å². The number of nitrogens with zero attached hydrogens (tertiary/aromatic N) is 1. The molecule has 1 aromatic carbocycles. The van der Waals surface area contributed by atoms with Crippen LogP contribution in [-0.2, 0) is 0 Å². The van der Waals surface area contributed by atoms with Crippen LogP contribution in [-0.4, -0.2) is 12.1 Å². The third kappa shape index (κ3) is 2.98. The summed E-state index contributed by atoms with van der Waals surface area (Å²) in [4.78, 5) is 12.4. The first kappa shape index (κ1) is 11.5. The lowest BCUT2D eigenvalue weighted by Gasteiger charge is -2.00. The van der Waals surface area contributed by atoms with Gasteiger partial charge in [-0.05, 0) is 23.6 Å². The molecule has 0 aliphatic heterocycles. The number of carbonyl (C=O) groups is 1. The Morgan fingerprint density at radius 1 is 1.29 bits per heavy atom. The zero-order chi connectivity index (χ0) is 12.1. The molecule has 5 heteroatoms. The van der Waals surface area contributed by atoms with Crippen molar-refractivity contribution in [1.82, 2.24) is 5.43 Å². The van der Waals surface area contributed by atoms with Crippen LogP contribution in [0.25, 0.3) is 0 Å². The second-order valence-corrected chi connectivity index (χ2v) is 4.17. The molecule has 0 radical (unpaired) electrons. The lowest BCUT2D eigenvalue weighted by molar-refractivity contribution is 0.0951. The van der Waals surface area contributed by atoms with E-state index in [1.165, 1.54) is 35.8 Å². The average Bonchev–Trinajstić information content (AvgIpc) is 2.82. The lowest BCUT2D eigenvalue weighted by atomic mass is 10.2. The zero-order valence-corrected chi connectivity index (χ0v) is 9.58. The SMILES string of the molecule is O=C(N/N=C/c1cccs1)c1ccccc1F. The number of hydrogen-bond donors (Lipinski definition) is 1. The molecule has 1 aromatic heterocycles. The highest BCUT2D eigenvalue weighted by Crippen LogP contribution is 2.06. The van der Waals surface area contributed by atoms with Gasteiger partial charge in [0.1, 0.15) is 5.82 Å². The molecule has 0 fully saturated rings. The van der Waals surface area contributed by atoms with E-state index in [9.17, 15) is 9.18 Å². The van der Waals surface area contributed by atoms with E-state index in [0.29, 0.717) is 0 Å². The summed E-state index contributed by atoms with van der Waals surface area (Å²) in [5.74, 6) is -1.12. The molecular weight excluding hydrogens is 239 g/mol. The number of amides is 1. The molecule has 0 unspecified atom stereocenters. The van der Waals surface area contributed by atoms with Gasteiger partial charge in [0.2, 0.25) is 0 Å². The van der Waals surface area contributed by atoms with E-state index in [1.54, 1.807) is 6.07 Å². The maximum atomic E-state index is 13.2. The number of benzene rings is 1. The van der Waals surface area contributed by atoms with Crippen molar-refractivity contribution in [2.75, 3.05) is 0 Å². The smallest absolute Gasteiger partial charge is 0.267 e. The molecule has 0 aliphatic carbocycles. The molecule has 0 saturated carbocycles. The van der Waals surface area contributed by atoms with Gasteiger partial charge in [-0.1, -0.05) is 18.2 Å². The van der Waals surface area contributed by atoms with Crippen molar-refractivity contribution in [1.29, 1.82) is 0 Å². The highest BCUT2D eigenvalue weighted by atomic mass is 32.1. The van der Waals surface area contributed by atoms with Crippen LogP contribution in [0.1, 0.15) is 15.2 Å². The third-order valence-electron chi connectivity index (χ3n) is 2.02. The standard InChI is InChI=1S/C12H9FN2OS/c13-11-6-2-1-5-10(11)12(16)15-14-8-9-4-3-7-17-9/h1-8H,(H,15,16)/b14-8+. The molecule has 1 N–H and O–H groups in total. The van der Waals surface area contributed by atoms with Crippen LogP contribution in [0.3, 0.4) is 0 Å². The Morgan fingerprint density at radius 2 is 2.12 bits per heavy atom.